The summed E-state index contributed by atoms with van der Waals surface area (Å²) in [6, 6.07) is 4.52. The molecule has 4 N–H and O–H groups in total. The number of hydrogen-bond donors (Lipinski definition) is 3. The highest BCUT2D eigenvalue weighted by Gasteiger charge is 2.08. The zero-order valence-corrected chi connectivity index (χ0v) is 8.21. The number of nitrogens with zero attached hydrogens (tertiary/aromatic N) is 1. The smallest absolute Gasteiger partial charge is 0.349 e. The Bertz CT molecular complexity index is 582. The number of hydrogen-bond acceptors (Lipinski definition) is 3. The van der Waals surface area contributed by atoms with E-state index in [0.29, 0.717) is 10.7 Å². The van der Waals surface area contributed by atoms with Crippen molar-refractivity contribution in [2.75, 3.05) is 5.73 Å². The number of aromatic amines is 2. The Morgan fingerprint density at radius 3 is 2.33 bits per heavy atom. The van der Waals surface area contributed by atoms with Crippen LogP contribution >= 0.6 is 11.6 Å². The first kappa shape index (κ1) is 9.60. The average molecular weight is 227 g/mol. The number of H-pyrrole nitrogens is 2. The fraction of sp³-hybridized carbons (Fsp3) is 0. The third kappa shape index (κ3) is 1.55. The van der Waals surface area contributed by atoms with Crippen LogP contribution in [-0.4, -0.2) is 14.8 Å². The van der Waals surface area contributed by atoms with Gasteiger partial charge in [0.1, 0.15) is 0 Å². The van der Waals surface area contributed by atoms with E-state index < -0.39 is 11.4 Å². The van der Waals surface area contributed by atoms with Crippen LogP contribution in [0.4, 0.5) is 5.69 Å². The molecule has 0 atom stereocenters. The fourth-order valence-electron chi connectivity index (χ4n) is 1.26. The van der Waals surface area contributed by atoms with Gasteiger partial charge in [-0.15, -0.1) is 0 Å². The molecule has 0 spiro atoms. The van der Waals surface area contributed by atoms with Gasteiger partial charge in [0.15, 0.2) is 0 Å². The molecule has 1 aromatic heterocycles. The van der Waals surface area contributed by atoms with Crippen molar-refractivity contribution in [3.63, 3.8) is 0 Å². The highest BCUT2D eigenvalue weighted by atomic mass is 35.5. The third-order valence-electron chi connectivity index (χ3n) is 1.91. The number of benzene rings is 1. The monoisotopic (exact) mass is 226 g/mol. The lowest BCUT2D eigenvalue weighted by Gasteiger charge is -2.03. The molecule has 15 heavy (non-hydrogen) atoms. The summed E-state index contributed by atoms with van der Waals surface area (Å²) >= 11 is 5.70. The van der Waals surface area contributed by atoms with Gasteiger partial charge in [-0.3, -0.25) is 0 Å². The van der Waals surface area contributed by atoms with E-state index in [9.17, 15) is 9.59 Å². The second kappa shape index (κ2) is 3.32. The third-order valence-corrected chi connectivity index (χ3v) is 2.15. The molecule has 2 aromatic rings. The van der Waals surface area contributed by atoms with Crippen LogP contribution in [0.2, 0.25) is 5.02 Å². The molecule has 0 radical (unpaired) electrons. The number of rotatable bonds is 1. The van der Waals surface area contributed by atoms with Gasteiger partial charge in [-0.2, -0.15) is 0 Å². The molecule has 0 amide bonds. The molecule has 0 aliphatic rings. The summed E-state index contributed by atoms with van der Waals surface area (Å²) in [6.45, 7) is 0. The summed E-state index contributed by atoms with van der Waals surface area (Å²) in [4.78, 5) is 22.5. The molecule has 0 aliphatic carbocycles. The van der Waals surface area contributed by atoms with Gasteiger partial charge in [0.25, 0.3) is 0 Å². The highest BCUT2D eigenvalue weighted by molar-refractivity contribution is 6.30. The maximum absolute atomic E-state index is 11.3. The zero-order chi connectivity index (χ0) is 11.0. The number of halogens is 1. The predicted octanol–water partition coefficient (Wildman–Crippen LogP) is 0.0895. The van der Waals surface area contributed by atoms with Crippen LogP contribution in [-0.2, 0) is 0 Å². The van der Waals surface area contributed by atoms with E-state index in [4.69, 9.17) is 17.3 Å². The van der Waals surface area contributed by atoms with Crippen LogP contribution in [0, 0.1) is 0 Å². The van der Waals surface area contributed by atoms with Gasteiger partial charge in [0.2, 0.25) is 0 Å². The first-order valence-electron chi connectivity index (χ1n) is 4.04. The molecule has 0 bridgehead atoms. The molecule has 0 fully saturated rings. The Labute approximate surface area is 88.3 Å². The maximum atomic E-state index is 11.3. The Morgan fingerprint density at radius 1 is 1.20 bits per heavy atom. The fourth-order valence-corrected chi connectivity index (χ4v) is 1.44. The number of nitrogens with two attached hydrogens (primary N) is 1. The Hall–Kier alpha value is -1.95. The minimum Gasteiger partial charge on any atom is -0.397 e. The number of nitrogen functional groups attached to an aromatic ring is 1. The van der Waals surface area contributed by atoms with E-state index >= 15 is 0 Å². The normalized spacial score (nSPS) is 10.5. The summed E-state index contributed by atoms with van der Waals surface area (Å²) in [5, 5.41) is 4.76. The first-order chi connectivity index (χ1) is 7.09. The Kier molecular flexibility index (Phi) is 2.12. The van der Waals surface area contributed by atoms with Crippen molar-refractivity contribution in [3.8, 4) is 5.69 Å². The van der Waals surface area contributed by atoms with Crippen LogP contribution in [0.25, 0.3) is 5.69 Å². The van der Waals surface area contributed by atoms with Crippen molar-refractivity contribution in [2.24, 2.45) is 0 Å². The van der Waals surface area contributed by atoms with Crippen molar-refractivity contribution < 1.29 is 0 Å². The molecular formula is C8H7ClN4O2. The molecule has 0 aliphatic heterocycles. The lowest BCUT2D eigenvalue weighted by Crippen LogP contribution is -2.25. The maximum Gasteiger partial charge on any atom is 0.349 e. The SMILES string of the molecule is Nc1cc(Cl)ccc1-n1c(=O)[nH][nH]c1=O. The second-order valence-electron chi connectivity index (χ2n) is 2.90. The largest absolute Gasteiger partial charge is 0.397 e. The molecule has 6 nitrogen and oxygen atoms in total. The molecule has 0 unspecified atom stereocenters. The summed E-state index contributed by atoms with van der Waals surface area (Å²) < 4.78 is 0.895. The van der Waals surface area contributed by atoms with Gasteiger partial charge < -0.3 is 5.73 Å². The van der Waals surface area contributed by atoms with Gasteiger partial charge in [0.05, 0.1) is 11.4 Å². The molecule has 0 saturated carbocycles. The summed E-state index contributed by atoms with van der Waals surface area (Å²) in [5.74, 6) is 0. The van der Waals surface area contributed by atoms with Crippen molar-refractivity contribution in [3.05, 3.63) is 44.2 Å². The van der Waals surface area contributed by atoms with Gasteiger partial charge in [-0.05, 0) is 18.2 Å². The van der Waals surface area contributed by atoms with Crippen LogP contribution in [0.3, 0.4) is 0 Å². The highest BCUT2D eigenvalue weighted by Crippen LogP contribution is 2.19. The van der Waals surface area contributed by atoms with E-state index in [-0.39, 0.29) is 5.69 Å². The van der Waals surface area contributed by atoms with Crippen LogP contribution < -0.4 is 17.1 Å². The molecule has 78 valence electrons. The number of aromatic nitrogens is 3. The van der Waals surface area contributed by atoms with Crippen molar-refractivity contribution in [1.29, 1.82) is 0 Å². The van der Waals surface area contributed by atoms with Crippen molar-refractivity contribution in [2.45, 2.75) is 0 Å². The minimum atomic E-state index is -0.575. The van der Waals surface area contributed by atoms with Crippen LogP contribution in [0.15, 0.2) is 27.8 Å². The summed E-state index contributed by atoms with van der Waals surface area (Å²) in [6.07, 6.45) is 0. The Morgan fingerprint density at radius 2 is 1.80 bits per heavy atom. The molecular weight excluding hydrogens is 220 g/mol. The van der Waals surface area contributed by atoms with E-state index in [2.05, 4.69) is 10.2 Å². The van der Waals surface area contributed by atoms with E-state index in [1.54, 1.807) is 6.07 Å². The summed E-state index contributed by atoms with van der Waals surface area (Å²) in [7, 11) is 0. The van der Waals surface area contributed by atoms with Gasteiger partial charge >= 0.3 is 11.4 Å². The van der Waals surface area contributed by atoms with Crippen LogP contribution in [0.5, 0.6) is 0 Å². The van der Waals surface area contributed by atoms with Crippen molar-refractivity contribution in [1.82, 2.24) is 14.8 Å². The number of nitrogens with one attached hydrogen (secondary N) is 2. The summed E-state index contributed by atoms with van der Waals surface area (Å²) in [5.41, 5.74) is 5.05. The average Bonchev–Trinajstić information content (AvgIpc) is 2.48. The molecule has 1 aromatic carbocycles. The van der Waals surface area contributed by atoms with E-state index in [1.165, 1.54) is 12.1 Å². The topological polar surface area (TPSA) is 96.7 Å². The Balaban J connectivity index is 2.75. The van der Waals surface area contributed by atoms with Crippen molar-refractivity contribution >= 4 is 17.3 Å². The van der Waals surface area contributed by atoms with E-state index in [1.807, 2.05) is 0 Å². The molecule has 2 rings (SSSR count). The minimum absolute atomic E-state index is 0.259. The van der Waals surface area contributed by atoms with Crippen LogP contribution in [0.1, 0.15) is 0 Å². The molecule has 0 saturated heterocycles. The second-order valence-corrected chi connectivity index (χ2v) is 3.34. The van der Waals surface area contributed by atoms with Gasteiger partial charge in [0, 0.05) is 5.02 Å². The van der Waals surface area contributed by atoms with E-state index in [0.717, 1.165) is 4.57 Å². The predicted molar refractivity (Wildman–Crippen MR) is 56.4 cm³/mol. The zero-order valence-electron chi connectivity index (χ0n) is 7.45. The molecule has 7 heteroatoms. The first-order valence-corrected chi connectivity index (χ1v) is 4.42. The quantitative estimate of drug-likeness (QED) is 0.601. The molecule has 1 heterocycles. The lowest BCUT2D eigenvalue weighted by atomic mass is 10.2. The van der Waals surface area contributed by atoms with Gasteiger partial charge in [-0.25, -0.2) is 24.4 Å². The number of anilines is 1. The van der Waals surface area contributed by atoms with Gasteiger partial charge in [-0.1, -0.05) is 11.6 Å². The standard InChI is InChI=1S/C8H7ClN4O2/c9-4-1-2-6(5(10)3-4)13-7(14)11-12-8(13)15/h1-3H,10H2,(H,11,14)(H,12,15). The lowest BCUT2D eigenvalue weighted by molar-refractivity contribution is 0.954.